The smallest absolute Gasteiger partial charge is 0.147 e. The first-order chi connectivity index (χ1) is 7.09. The first-order valence-corrected chi connectivity index (χ1v) is 5.72. The highest BCUT2D eigenvalue weighted by atomic mass is 79.9. The second-order valence-electron chi connectivity index (χ2n) is 3.71. The summed E-state index contributed by atoms with van der Waals surface area (Å²) in [6, 6.07) is 5.04. The zero-order valence-corrected chi connectivity index (χ0v) is 10.6. The molecule has 84 valence electrons. The van der Waals surface area contributed by atoms with Crippen LogP contribution in [0.5, 0.6) is 0 Å². The highest BCUT2D eigenvalue weighted by Crippen LogP contribution is 2.19. The second-order valence-corrected chi connectivity index (χ2v) is 4.62. The van der Waals surface area contributed by atoms with Gasteiger partial charge in [0.2, 0.25) is 0 Å². The van der Waals surface area contributed by atoms with Crippen LogP contribution in [0.3, 0.4) is 0 Å². The van der Waals surface area contributed by atoms with E-state index in [0.717, 1.165) is 24.0 Å². The Balaban J connectivity index is 2.37. The molecule has 1 aromatic rings. The number of hydrogen-bond donors (Lipinski definition) is 1. The maximum atomic E-state index is 13.3. The molecule has 0 aliphatic carbocycles. The first-order valence-electron chi connectivity index (χ1n) is 4.93. The van der Waals surface area contributed by atoms with E-state index >= 15 is 0 Å². The van der Waals surface area contributed by atoms with E-state index in [1.54, 1.807) is 6.07 Å². The van der Waals surface area contributed by atoms with Crippen molar-refractivity contribution in [1.29, 1.82) is 0 Å². The van der Waals surface area contributed by atoms with E-state index in [9.17, 15) is 4.39 Å². The SMILES string of the molecule is CN(C)CCCNc1ccc(Br)cc1F. The van der Waals surface area contributed by atoms with Gasteiger partial charge in [0.05, 0.1) is 5.69 Å². The molecule has 0 unspecified atom stereocenters. The Kier molecular flexibility index (Phi) is 5.05. The third-order valence-corrected chi connectivity index (χ3v) is 2.52. The molecule has 0 bridgehead atoms. The van der Waals surface area contributed by atoms with Crippen molar-refractivity contribution in [2.75, 3.05) is 32.5 Å². The third kappa shape index (κ3) is 4.62. The van der Waals surface area contributed by atoms with Gasteiger partial charge in [0.15, 0.2) is 0 Å². The summed E-state index contributed by atoms with van der Waals surface area (Å²) in [5.41, 5.74) is 0.567. The highest BCUT2D eigenvalue weighted by Gasteiger charge is 2.01. The lowest BCUT2D eigenvalue weighted by atomic mass is 10.3. The van der Waals surface area contributed by atoms with Crippen molar-refractivity contribution >= 4 is 21.6 Å². The molecule has 0 atom stereocenters. The van der Waals surface area contributed by atoms with Crippen molar-refractivity contribution in [3.05, 3.63) is 28.5 Å². The monoisotopic (exact) mass is 274 g/mol. The minimum absolute atomic E-state index is 0.214. The van der Waals surface area contributed by atoms with Crippen LogP contribution in [-0.2, 0) is 0 Å². The van der Waals surface area contributed by atoms with E-state index < -0.39 is 0 Å². The van der Waals surface area contributed by atoms with Crippen LogP contribution in [0.2, 0.25) is 0 Å². The van der Waals surface area contributed by atoms with Gasteiger partial charge in [-0.05, 0) is 45.3 Å². The van der Waals surface area contributed by atoms with E-state index in [-0.39, 0.29) is 5.82 Å². The largest absolute Gasteiger partial charge is 0.383 e. The molecule has 0 aliphatic heterocycles. The van der Waals surface area contributed by atoms with Crippen LogP contribution >= 0.6 is 15.9 Å². The molecule has 0 aliphatic rings. The van der Waals surface area contributed by atoms with Crippen LogP contribution in [-0.4, -0.2) is 32.1 Å². The predicted molar refractivity (Wildman–Crippen MR) is 65.8 cm³/mol. The van der Waals surface area contributed by atoms with Gasteiger partial charge >= 0.3 is 0 Å². The van der Waals surface area contributed by atoms with Gasteiger partial charge in [-0.15, -0.1) is 0 Å². The van der Waals surface area contributed by atoms with Crippen LogP contribution < -0.4 is 5.32 Å². The van der Waals surface area contributed by atoms with Gasteiger partial charge in [-0.2, -0.15) is 0 Å². The van der Waals surface area contributed by atoms with E-state index in [1.807, 2.05) is 20.2 Å². The maximum Gasteiger partial charge on any atom is 0.147 e. The van der Waals surface area contributed by atoms with Gasteiger partial charge in [-0.25, -0.2) is 4.39 Å². The normalized spacial score (nSPS) is 10.7. The summed E-state index contributed by atoms with van der Waals surface area (Å²) in [5, 5.41) is 3.07. The standard InChI is InChI=1S/C11H16BrFN2/c1-15(2)7-3-6-14-11-5-4-9(12)8-10(11)13/h4-5,8,14H,3,6-7H2,1-2H3. The summed E-state index contributed by atoms with van der Waals surface area (Å²) in [6.07, 6.45) is 1.00. The van der Waals surface area contributed by atoms with E-state index in [4.69, 9.17) is 0 Å². The average molecular weight is 275 g/mol. The molecule has 1 rings (SSSR count). The van der Waals surface area contributed by atoms with E-state index in [1.165, 1.54) is 6.07 Å². The van der Waals surface area contributed by atoms with Crippen molar-refractivity contribution in [1.82, 2.24) is 4.90 Å². The molecule has 4 heteroatoms. The molecule has 0 saturated carbocycles. The van der Waals surface area contributed by atoms with Crippen LogP contribution in [0.4, 0.5) is 10.1 Å². The molecule has 0 radical (unpaired) electrons. The molecule has 0 saturated heterocycles. The van der Waals surface area contributed by atoms with Gasteiger partial charge < -0.3 is 10.2 Å². The zero-order valence-electron chi connectivity index (χ0n) is 9.06. The van der Waals surface area contributed by atoms with Gasteiger partial charge in [-0.1, -0.05) is 15.9 Å². The van der Waals surface area contributed by atoms with E-state index in [2.05, 4.69) is 26.1 Å². The summed E-state index contributed by atoms with van der Waals surface area (Å²) in [6.45, 7) is 1.79. The lowest BCUT2D eigenvalue weighted by Crippen LogP contribution is -2.16. The number of benzene rings is 1. The van der Waals surface area contributed by atoms with Crippen molar-refractivity contribution < 1.29 is 4.39 Å². The topological polar surface area (TPSA) is 15.3 Å². The zero-order chi connectivity index (χ0) is 11.3. The minimum atomic E-state index is -0.214. The molecule has 2 nitrogen and oxygen atoms in total. The molecule has 0 heterocycles. The van der Waals surface area contributed by atoms with E-state index in [0.29, 0.717) is 5.69 Å². The quantitative estimate of drug-likeness (QED) is 0.831. The Bertz CT molecular complexity index is 315. The van der Waals surface area contributed by atoms with Crippen LogP contribution in [0, 0.1) is 5.82 Å². The van der Waals surface area contributed by atoms with Crippen LogP contribution in [0.25, 0.3) is 0 Å². The average Bonchev–Trinajstić information content (AvgIpc) is 2.14. The van der Waals surface area contributed by atoms with Crippen molar-refractivity contribution in [3.8, 4) is 0 Å². The van der Waals surface area contributed by atoms with Crippen molar-refractivity contribution in [2.45, 2.75) is 6.42 Å². The number of rotatable bonds is 5. The predicted octanol–water partition coefficient (Wildman–Crippen LogP) is 2.95. The lowest BCUT2D eigenvalue weighted by Gasteiger charge is -2.11. The number of halogens is 2. The number of nitrogens with zero attached hydrogens (tertiary/aromatic N) is 1. The molecule has 1 N–H and O–H groups in total. The summed E-state index contributed by atoms with van der Waals surface area (Å²) in [4.78, 5) is 2.11. The molecular formula is C11H16BrFN2. The Labute approximate surface area is 98.6 Å². The van der Waals surface area contributed by atoms with Gasteiger partial charge in [0.25, 0.3) is 0 Å². The fourth-order valence-corrected chi connectivity index (χ4v) is 1.58. The molecule has 0 aromatic heterocycles. The Hall–Kier alpha value is -0.610. The number of nitrogens with one attached hydrogen (secondary N) is 1. The number of anilines is 1. The third-order valence-electron chi connectivity index (χ3n) is 2.03. The molecule has 0 spiro atoms. The minimum Gasteiger partial charge on any atom is -0.383 e. The molecule has 1 aromatic carbocycles. The maximum absolute atomic E-state index is 13.3. The second kappa shape index (κ2) is 6.08. The molecule has 0 fully saturated rings. The lowest BCUT2D eigenvalue weighted by molar-refractivity contribution is 0.405. The Morgan fingerprint density at radius 2 is 2.13 bits per heavy atom. The Morgan fingerprint density at radius 1 is 1.40 bits per heavy atom. The summed E-state index contributed by atoms with van der Waals surface area (Å²) >= 11 is 3.22. The Morgan fingerprint density at radius 3 is 2.73 bits per heavy atom. The van der Waals surface area contributed by atoms with Crippen LogP contribution in [0.1, 0.15) is 6.42 Å². The molecule has 15 heavy (non-hydrogen) atoms. The molecule has 0 amide bonds. The van der Waals surface area contributed by atoms with Crippen molar-refractivity contribution in [3.63, 3.8) is 0 Å². The fourth-order valence-electron chi connectivity index (χ4n) is 1.25. The van der Waals surface area contributed by atoms with Crippen LogP contribution in [0.15, 0.2) is 22.7 Å². The summed E-state index contributed by atoms with van der Waals surface area (Å²) in [5.74, 6) is -0.214. The van der Waals surface area contributed by atoms with Gasteiger partial charge in [-0.3, -0.25) is 0 Å². The van der Waals surface area contributed by atoms with Gasteiger partial charge in [0, 0.05) is 11.0 Å². The van der Waals surface area contributed by atoms with Crippen molar-refractivity contribution in [2.24, 2.45) is 0 Å². The summed E-state index contributed by atoms with van der Waals surface area (Å²) < 4.78 is 14.1. The van der Waals surface area contributed by atoms with Gasteiger partial charge in [0.1, 0.15) is 5.82 Å². The molecular weight excluding hydrogens is 259 g/mol. The fraction of sp³-hybridized carbons (Fsp3) is 0.455. The summed E-state index contributed by atoms with van der Waals surface area (Å²) in [7, 11) is 4.06. The highest BCUT2D eigenvalue weighted by molar-refractivity contribution is 9.10. The first kappa shape index (κ1) is 12.5. The number of hydrogen-bond acceptors (Lipinski definition) is 2.